The van der Waals surface area contributed by atoms with Crippen LogP contribution in [-0.2, 0) is 11.3 Å². The molecule has 1 aliphatic heterocycles. The largest absolute Gasteiger partial charge is 0.352 e. The summed E-state index contributed by atoms with van der Waals surface area (Å²) in [4.78, 5) is 18.2. The summed E-state index contributed by atoms with van der Waals surface area (Å²) >= 11 is 6.16. The van der Waals surface area contributed by atoms with E-state index in [1.165, 1.54) is 0 Å². The molecule has 1 aromatic rings. The van der Waals surface area contributed by atoms with Gasteiger partial charge in [-0.25, -0.2) is 0 Å². The van der Waals surface area contributed by atoms with Crippen molar-refractivity contribution in [2.45, 2.75) is 32.9 Å². The number of nitrogens with zero attached hydrogens (tertiary/aromatic N) is 2. The quantitative estimate of drug-likeness (QED) is 0.655. The van der Waals surface area contributed by atoms with E-state index >= 15 is 0 Å². The summed E-state index contributed by atoms with van der Waals surface area (Å²) in [6, 6.07) is 7.97. The van der Waals surface area contributed by atoms with Gasteiger partial charge in [0.15, 0.2) is 5.96 Å². The van der Waals surface area contributed by atoms with Crippen LogP contribution in [0, 0.1) is 5.92 Å². The van der Waals surface area contributed by atoms with Gasteiger partial charge in [0, 0.05) is 43.7 Å². The summed E-state index contributed by atoms with van der Waals surface area (Å²) in [6.07, 6.45) is 0.936. The molecule has 23 heavy (non-hydrogen) atoms. The molecule has 2 rings (SSSR count). The van der Waals surface area contributed by atoms with Crippen LogP contribution in [0.5, 0.6) is 0 Å². The zero-order chi connectivity index (χ0) is 16.8. The number of hydrogen-bond donors (Lipinski definition) is 2. The Morgan fingerprint density at radius 2 is 2.17 bits per heavy atom. The summed E-state index contributed by atoms with van der Waals surface area (Å²) in [7, 11) is 1.74. The number of nitrogens with one attached hydrogen (secondary N) is 2. The van der Waals surface area contributed by atoms with Crippen LogP contribution in [0.25, 0.3) is 0 Å². The number of carbonyl (C=O) groups excluding carboxylic acids is 1. The van der Waals surface area contributed by atoms with E-state index in [0.717, 1.165) is 36.1 Å². The van der Waals surface area contributed by atoms with Crippen molar-refractivity contribution in [3.63, 3.8) is 0 Å². The lowest BCUT2D eigenvalue weighted by molar-refractivity contribution is -0.133. The van der Waals surface area contributed by atoms with Crippen molar-refractivity contribution in [1.82, 2.24) is 15.5 Å². The van der Waals surface area contributed by atoms with Gasteiger partial charge in [0.2, 0.25) is 5.91 Å². The molecular weight excluding hydrogens is 312 g/mol. The minimum absolute atomic E-state index is 0.0476. The number of guanidine groups is 1. The van der Waals surface area contributed by atoms with Crippen LogP contribution >= 0.6 is 11.6 Å². The Bertz CT molecular complexity index is 573. The Morgan fingerprint density at radius 3 is 2.83 bits per heavy atom. The Labute approximate surface area is 143 Å². The van der Waals surface area contributed by atoms with Crippen molar-refractivity contribution < 1.29 is 4.79 Å². The highest BCUT2D eigenvalue weighted by molar-refractivity contribution is 6.31. The van der Waals surface area contributed by atoms with Crippen LogP contribution < -0.4 is 10.6 Å². The van der Waals surface area contributed by atoms with E-state index < -0.39 is 0 Å². The second kappa shape index (κ2) is 8.20. The molecule has 0 bridgehead atoms. The summed E-state index contributed by atoms with van der Waals surface area (Å²) in [6.45, 7) is 6.01. The van der Waals surface area contributed by atoms with Gasteiger partial charge in [-0.1, -0.05) is 43.6 Å². The number of halogens is 1. The topological polar surface area (TPSA) is 56.7 Å². The maximum atomic E-state index is 12.0. The summed E-state index contributed by atoms with van der Waals surface area (Å²) in [5, 5.41) is 7.39. The van der Waals surface area contributed by atoms with Crippen LogP contribution in [-0.4, -0.2) is 42.9 Å². The van der Waals surface area contributed by atoms with Gasteiger partial charge < -0.3 is 15.5 Å². The molecule has 6 heteroatoms. The highest BCUT2D eigenvalue weighted by Crippen LogP contribution is 2.15. The predicted molar refractivity (Wildman–Crippen MR) is 94.6 cm³/mol. The van der Waals surface area contributed by atoms with E-state index in [1.54, 1.807) is 7.05 Å². The molecule has 2 N–H and O–H groups in total. The lowest BCUT2D eigenvalue weighted by Crippen LogP contribution is -2.45. The molecule has 1 heterocycles. The van der Waals surface area contributed by atoms with Crippen molar-refractivity contribution in [3.8, 4) is 0 Å². The number of amides is 1. The summed E-state index contributed by atoms with van der Waals surface area (Å²) < 4.78 is 0. The molecule has 0 radical (unpaired) electrons. The Morgan fingerprint density at radius 1 is 1.43 bits per heavy atom. The predicted octanol–water partition coefficient (Wildman–Crippen LogP) is 2.26. The normalized spacial score (nSPS) is 18.4. The van der Waals surface area contributed by atoms with Crippen molar-refractivity contribution >= 4 is 23.5 Å². The zero-order valence-corrected chi connectivity index (χ0v) is 14.7. The van der Waals surface area contributed by atoms with Gasteiger partial charge in [-0.3, -0.25) is 9.79 Å². The van der Waals surface area contributed by atoms with Crippen LogP contribution in [0.1, 0.15) is 25.8 Å². The minimum atomic E-state index is 0.0476. The van der Waals surface area contributed by atoms with E-state index in [1.807, 2.05) is 43.0 Å². The number of carbonyl (C=O) groups is 1. The Balaban J connectivity index is 1.84. The molecule has 1 amide bonds. The van der Waals surface area contributed by atoms with Crippen molar-refractivity contribution in [1.29, 1.82) is 0 Å². The minimum Gasteiger partial charge on any atom is -0.352 e. The van der Waals surface area contributed by atoms with Crippen LogP contribution in [0.4, 0.5) is 0 Å². The molecule has 1 atom stereocenters. The second-order valence-electron chi connectivity index (χ2n) is 6.09. The molecule has 1 aromatic carbocycles. The van der Waals surface area contributed by atoms with Gasteiger partial charge in [-0.15, -0.1) is 0 Å². The van der Waals surface area contributed by atoms with Gasteiger partial charge in [0.05, 0.1) is 0 Å². The third-order valence-corrected chi connectivity index (χ3v) is 4.33. The average molecular weight is 337 g/mol. The van der Waals surface area contributed by atoms with Gasteiger partial charge in [0.1, 0.15) is 0 Å². The fourth-order valence-electron chi connectivity index (χ4n) is 2.65. The summed E-state index contributed by atoms with van der Waals surface area (Å²) in [5.74, 6) is 0.994. The SMILES string of the molecule is CN=C(NCc1ccccc1Cl)NC1CCN(C(=O)C(C)C)C1. The standard InChI is InChI=1S/C17H25ClN4O/c1-12(2)16(23)22-9-8-14(11-22)21-17(19-3)20-10-13-6-4-5-7-15(13)18/h4-7,12,14H,8-11H2,1-3H3,(H2,19,20,21). The number of likely N-dealkylation sites (tertiary alicyclic amines) is 1. The zero-order valence-electron chi connectivity index (χ0n) is 14.0. The highest BCUT2D eigenvalue weighted by Gasteiger charge is 2.27. The maximum absolute atomic E-state index is 12.0. The highest BCUT2D eigenvalue weighted by atomic mass is 35.5. The lowest BCUT2D eigenvalue weighted by atomic mass is 10.2. The lowest BCUT2D eigenvalue weighted by Gasteiger charge is -2.20. The molecule has 0 aromatic heterocycles. The second-order valence-corrected chi connectivity index (χ2v) is 6.49. The van der Waals surface area contributed by atoms with E-state index in [9.17, 15) is 4.79 Å². The van der Waals surface area contributed by atoms with Crippen LogP contribution in [0.3, 0.4) is 0 Å². The van der Waals surface area contributed by atoms with E-state index in [4.69, 9.17) is 11.6 Å². The molecule has 1 aliphatic rings. The smallest absolute Gasteiger partial charge is 0.225 e. The van der Waals surface area contributed by atoms with Gasteiger partial charge >= 0.3 is 0 Å². The molecule has 1 fully saturated rings. The molecule has 1 unspecified atom stereocenters. The van der Waals surface area contributed by atoms with Crippen LogP contribution in [0.2, 0.25) is 5.02 Å². The first-order chi connectivity index (χ1) is 11.0. The first kappa shape index (κ1) is 17.6. The first-order valence-corrected chi connectivity index (χ1v) is 8.38. The average Bonchev–Trinajstić information content (AvgIpc) is 3.00. The number of benzene rings is 1. The number of rotatable bonds is 4. The van der Waals surface area contributed by atoms with Gasteiger partial charge in [-0.05, 0) is 18.1 Å². The maximum Gasteiger partial charge on any atom is 0.225 e. The molecule has 0 aliphatic carbocycles. The number of hydrogen-bond acceptors (Lipinski definition) is 2. The molecule has 0 saturated carbocycles. The van der Waals surface area contributed by atoms with Crippen molar-refractivity contribution in [3.05, 3.63) is 34.9 Å². The molecule has 5 nitrogen and oxygen atoms in total. The first-order valence-electron chi connectivity index (χ1n) is 8.00. The number of aliphatic imine (C=N–C) groups is 1. The Hall–Kier alpha value is -1.75. The van der Waals surface area contributed by atoms with Crippen molar-refractivity contribution in [2.75, 3.05) is 20.1 Å². The van der Waals surface area contributed by atoms with E-state index in [-0.39, 0.29) is 17.9 Å². The Kier molecular flexibility index (Phi) is 6.28. The molecule has 126 valence electrons. The van der Waals surface area contributed by atoms with E-state index in [0.29, 0.717) is 6.54 Å². The molecule has 1 saturated heterocycles. The van der Waals surface area contributed by atoms with Crippen LogP contribution in [0.15, 0.2) is 29.3 Å². The monoisotopic (exact) mass is 336 g/mol. The molecule has 0 spiro atoms. The fraction of sp³-hybridized carbons (Fsp3) is 0.529. The van der Waals surface area contributed by atoms with Crippen molar-refractivity contribution in [2.24, 2.45) is 10.9 Å². The third kappa shape index (κ3) is 4.86. The molecular formula is C17H25ClN4O. The summed E-state index contributed by atoms with van der Waals surface area (Å²) in [5.41, 5.74) is 1.03. The van der Waals surface area contributed by atoms with Gasteiger partial charge in [-0.2, -0.15) is 0 Å². The van der Waals surface area contributed by atoms with Gasteiger partial charge in [0.25, 0.3) is 0 Å². The van der Waals surface area contributed by atoms with E-state index in [2.05, 4.69) is 15.6 Å². The third-order valence-electron chi connectivity index (χ3n) is 3.96. The fourth-order valence-corrected chi connectivity index (χ4v) is 2.85.